The van der Waals surface area contributed by atoms with Gasteiger partial charge in [0, 0.05) is 38.9 Å². The van der Waals surface area contributed by atoms with Gasteiger partial charge in [-0.15, -0.1) is 0 Å². The number of amides is 1. The molecule has 162 valence electrons. The summed E-state index contributed by atoms with van der Waals surface area (Å²) in [5, 5.41) is 6.86. The number of pyridine rings is 1. The summed E-state index contributed by atoms with van der Waals surface area (Å²) in [4.78, 5) is 21.9. The number of nitrogens with one attached hydrogen (secondary N) is 1. The van der Waals surface area contributed by atoms with Gasteiger partial charge in [-0.1, -0.05) is 28.9 Å². The van der Waals surface area contributed by atoms with Gasteiger partial charge in [-0.3, -0.25) is 4.79 Å². The zero-order chi connectivity index (χ0) is 22.0. The lowest BCUT2D eigenvalue weighted by Gasteiger charge is -2.33. The van der Waals surface area contributed by atoms with E-state index in [0.29, 0.717) is 0 Å². The molecule has 1 saturated heterocycles. The lowest BCUT2D eigenvalue weighted by molar-refractivity contribution is 0.0950. The summed E-state index contributed by atoms with van der Waals surface area (Å²) >= 11 is 6.14. The predicted octanol–water partition coefficient (Wildman–Crippen LogP) is 3.52. The van der Waals surface area contributed by atoms with Gasteiger partial charge < -0.3 is 19.6 Å². The largest absolute Gasteiger partial charge is 0.360 e. The number of halogens is 2. The number of nitrogens with zero attached hydrogens (tertiary/aromatic N) is 4. The van der Waals surface area contributed by atoms with Crippen molar-refractivity contribution in [3.8, 4) is 11.3 Å². The van der Waals surface area contributed by atoms with E-state index in [4.69, 9.17) is 16.1 Å². The fourth-order valence-electron chi connectivity index (χ4n) is 3.55. The smallest absolute Gasteiger partial charge is 0.257 e. The first-order valence-electron chi connectivity index (χ1n) is 10.0. The Kier molecular flexibility index (Phi) is 6.20. The molecule has 3 aromatic rings. The number of anilines is 1. The molecule has 1 aromatic carbocycles. The number of aryl methyl sites for hydroxylation is 1. The van der Waals surface area contributed by atoms with Crippen molar-refractivity contribution in [3.63, 3.8) is 0 Å². The fraction of sp³-hybridized carbons (Fsp3) is 0.318. The minimum Gasteiger partial charge on any atom is -0.360 e. The zero-order valence-corrected chi connectivity index (χ0v) is 18.1. The molecule has 0 unspecified atom stereocenters. The van der Waals surface area contributed by atoms with E-state index in [1.165, 1.54) is 12.1 Å². The lowest BCUT2D eigenvalue weighted by atomic mass is 10.0. The molecule has 7 nitrogen and oxygen atoms in total. The average Bonchev–Trinajstić information content (AvgIpc) is 3.14. The molecule has 3 heterocycles. The second-order valence-electron chi connectivity index (χ2n) is 7.56. The third kappa shape index (κ3) is 4.55. The Balaban J connectivity index is 1.46. The predicted molar refractivity (Wildman–Crippen MR) is 117 cm³/mol. The standard InChI is InChI=1S/C22H23ClFN5O2/c1-14-19(21(27-31-14)20-16(23)4-3-5-17(20)24)22(30)26-13-15-6-7-18(25-12-15)29-10-8-28(2)9-11-29/h3-7,12H,8-11,13H2,1-2H3,(H,26,30). The third-order valence-corrected chi connectivity index (χ3v) is 5.69. The maximum absolute atomic E-state index is 14.3. The maximum atomic E-state index is 14.3. The van der Waals surface area contributed by atoms with Crippen LogP contribution in [0.4, 0.5) is 10.2 Å². The number of likely N-dealkylation sites (N-methyl/N-ethyl adjacent to an activating group) is 1. The molecule has 1 aliphatic rings. The van der Waals surface area contributed by atoms with Crippen LogP contribution < -0.4 is 10.2 Å². The normalized spacial score (nSPS) is 14.6. The summed E-state index contributed by atoms with van der Waals surface area (Å²) in [6.45, 7) is 5.76. The SMILES string of the molecule is Cc1onc(-c2c(F)cccc2Cl)c1C(=O)NCc1ccc(N2CCN(C)CC2)nc1. The van der Waals surface area contributed by atoms with Gasteiger partial charge in [-0.05, 0) is 37.7 Å². The minimum absolute atomic E-state index is 0.0457. The van der Waals surface area contributed by atoms with Gasteiger partial charge in [0.1, 0.15) is 28.7 Å². The van der Waals surface area contributed by atoms with Crippen LogP contribution >= 0.6 is 11.6 Å². The van der Waals surface area contributed by atoms with Crippen LogP contribution in [0.1, 0.15) is 21.7 Å². The van der Waals surface area contributed by atoms with Gasteiger partial charge in [0.05, 0.1) is 10.6 Å². The molecule has 1 aliphatic heterocycles. The van der Waals surface area contributed by atoms with Crippen LogP contribution in [-0.4, -0.2) is 54.2 Å². The Bertz CT molecular complexity index is 1060. The monoisotopic (exact) mass is 443 g/mol. The third-order valence-electron chi connectivity index (χ3n) is 5.38. The highest BCUT2D eigenvalue weighted by molar-refractivity contribution is 6.33. The van der Waals surface area contributed by atoms with Crippen LogP contribution in [-0.2, 0) is 6.54 Å². The number of benzene rings is 1. The topological polar surface area (TPSA) is 74.5 Å². The van der Waals surface area contributed by atoms with Gasteiger partial charge in [0.25, 0.3) is 5.91 Å². The molecule has 1 N–H and O–H groups in total. The van der Waals surface area contributed by atoms with Crippen molar-refractivity contribution in [2.45, 2.75) is 13.5 Å². The molecule has 1 fully saturated rings. The summed E-state index contributed by atoms with van der Waals surface area (Å²) in [6.07, 6.45) is 1.75. The molecule has 2 aromatic heterocycles. The molecule has 0 atom stereocenters. The molecule has 4 rings (SSSR count). The number of rotatable bonds is 5. The fourth-order valence-corrected chi connectivity index (χ4v) is 3.80. The highest BCUT2D eigenvalue weighted by Gasteiger charge is 2.25. The van der Waals surface area contributed by atoms with Crippen LogP contribution in [0.25, 0.3) is 11.3 Å². The Morgan fingerprint density at radius 2 is 2.00 bits per heavy atom. The summed E-state index contributed by atoms with van der Waals surface area (Å²) in [5.41, 5.74) is 1.14. The van der Waals surface area contributed by atoms with Crippen molar-refractivity contribution in [2.75, 3.05) is 38.1 Å². The van der Waals surface area contributed by atoms with Crippen molar-refractivity contribution in [2.24, 2.45) is 0 Å². The number of carbonyl (C=O) groups is 1. The molecule has 0 bridgehead atoms. The molecule has 31 heavy (non-hydrogen) atoms. The van der Waals surface area contributed by atoms with E-state index >= 15 is 0 Å². The molecular formula is C22H23ClFN5O2. The first-order chi connectivity index (χ1) is 14.9. The van der Waals surface area contributed by atoms with E-state index < -0.39 is 11.7 Å². The van der Waals surface area contributed by atoms with Crippen molar-refractivity contribution >= 4 is 23.3 Å². The van der Waals surface area contributed by atoms with Gasteiger partial charge in [0.15, 0.2) is 0 Å². The number of aromatic nitrogens is 2. The van der Waals surface area contributed by atoms with Gasteiger partial charge in [-0.2, -0.15) is 0 Å². The quantitative estimate of drug-likeness (QED) is 0.650. The molecule has 0 saturated carbocycles. The summed E-state index contributed by atoms with van der Waals surface area (Å²) in [6, 6.07) is 8.20. The van der Waals surface area contributed by atoms with Gasteiger partial charge >= 0.3 is 0 Å². The van der Waals surface area contributed by atoms with Crippen LogP contribution in [0.3, 0.4) is 0 Å². The van der Waals surface area contributed by atoms with E-state index in [1.807, 2.05) is 12.1 Å². The average molecular weight is 444 g/mol. The van der Waals surface area contributed by atoms with Crippen molar-refractivity contribution in [3.05, 3.63) is 64.3 Å². The number of hydrogen-bond donors (Lipinski definition) is 1. The molecular weight excluding hydrogens is 421 g/mol. The number of carbonyl (C=O) groups excluding carboxylic acids is 1. The van der Waals surface area contributed by atoms with Gasteiger partial charge in [-0.25, -0.2) is 9.37 Å². The highest BCUT2D eigenvalue weighted by atomic mass is 35.5. The molecule has 0 radical (unpaired) electrons. The van der Waals surface area contributed by atoms with Crippen molar-refractivity contribution in [1.29, 1.82) is 0 Å². The van der Waals surface area contributed by atoms with Gasteiger partial charge in [0.2, 0.25) is 0 Å². The first kappa shape index (κ1) is 21.3. The van der Waals surface area contributed by atoms with E-state index in [0.717, 1.165) is 37.6 Å². The van der Waals surface area contributed by atoms with Crippen LogP contribution in [0.5, 0.6) is 0 Å². The Hall–Kier alpha value is -2.97. The van der Waals surface area contributed by atoms with Crippen molar-refractivity contribution in [1.82, 2.24) is 20.4 Å². The van der Waals surface area contributed by atoms with E-state index in [-0.39, 0.29) is 34.1 Å². The Morgan fingerprint density at radius 1 is 1.23 bits per heavy atom. The van der Waals surface area contributed by atoms with Crippen LogP contribution in [0, 0.1) is 12.7 Å². The van der Waals surface area contributed by atoms with E-state index in [9.17, 15) is 9.18 Å². The Labute approximate surface area is 184 Å². The molecule has 0 aliphatic carbocycles. The van der Waals surface area contributed by atoms with Crippen molar-refractivity contribution < 1.29 is 13.7 Å². The second kappa shape index (κ2) is 9.03. The highest BCUT2D eigenvalue weighted by Crippen LogP contribution is 2.33. The summed E-state index contributed by atoms with van der Waals surface area (Å²) in [5.74, 6) is 0.222. The second-order valence-corrected chi connectivity index (χ2v) is 7.96. The molecule has 1 amide bonds. The molecule has 0 spiro atoms. The van der Waals surface area contributed by atoms with Crippen LogP contribution in [0.2, 0.25) is 5.02 Å². The summed E-state index contributed by atoms with van der Waals surface area (Å²) < 4.78 is 19.5. The summed E-state index contributed by atoms with van der Waals surface area (Å²) in [7, 11) is 2.11. The maximum Gasteiger partial charge on any atom is 0.257 e. The first-order valence-corrected chi connectivity index (χ1v) is 10.4. The van der Waals surface area contributed by atoms with Crippen LogP contribution in [0.15, 0.2) is 41.1 Å². The number of hydrogen-bond acceptors (Lipinski definition) is 6. The van der Waals surface area contributed by atoms with E-state index in [2.05, 4.69) is 32.3 Å². The Morgan fingerprint density at radius 3 is 2.68 bits per heavy atom. The number of piperazine rings is 1. The lowest BCUT2D eigenvalue weighted by Crippen LogP contribution is -2.44. The molecule has 9 heteroatoms. The van der Waals surface area contributed by atoms with E-state index in [1.54, 1.807) is 19.2 Å². The zero-order valence-electron chi connectivity index (χ0n) is 17.4. The minimum atomic E-state index is -0.571.